The van der Waals surface area contributed by atoms with E-state index in [-0.39, 0.29) is 24.8 Å². The fourth-order valence-corrected chi connectivity index (χ4v) is 17.4. The minimum atomic E-state index is -2.74. The number of hydrogen-bond acceptors (Lipinski definition) is 0. The smallest absolute Gasteiger partial charge is 1.00 e. The molecule has 1 unspecified atom stereocenters. The minimum absolute atomic E-state index is 0. The molecule has 4 aromatic carbocycles. The van der Waals surface area contributed by atoms with Crippen molar-refractivity contribution in [2.75, 3.05) is 0 Å². The van der Waals surface area contributed by atoms with Gasteiger partial charge in [0.15, 0.2) is 0 Å². The predicted molar refractivity (Wildman–Crippen MR) is 159 cm³/mol. The molecular weight excluding hydrogens is 607 g/mol. The topological polar surface area (TPSA) is 0 Å². The van der Waals surface area contributed by atoms with Gasteiger partial charge in [0.25, 0.3) is 0 Å². The van der Waals surface area contributed by atoms with E-state index in [1.54, 1.807) is 12.1 Å². The van der Waals surface area contributed by atoms with E-state index >= 15 is 0 Å². The summed E-state index contributed by atoms with van der Waals surface area (Å²) >= 11 is -2.74. The summed E-state index contributed by atoms with van der Waals surface area (Å²) in [7, 11) is 0. The maximum atomic E-state index is 2.54. The number of benzene rings is 4. The van der Waals surface area contributed by atoms with Crippen molar-refractivity contribution in [3.63, 3.8) is 0 Å². The third kappa shape index (κ3) is 5.46. The molecule has 0 bridgehead atoms. The molecule has 1 atom stereocenters. The van der Waals surface area contributed by atoms with Crippen LogP contribution in [-0.2, 0) is 21.3 Å². The number of rotatable bonds is 6. The van der Waals surface area contributed by atoms with Crippen LogP contribution in [0.4, 0.5) is 0 Å². The summed E-state index contributed by atoms with van der Waals surface area (Å²) in [4.78, 5) is 0. The average molecular weight is 643 g/mol. The maximum absolute atomic E-state index is 2.74. The Hall–Kier alpha value is -2.31. The van der Waals surface area contributed by atoms with E-state index in [0.717, 1.165) is 0 Å². The molecule has 2 aliphatic rings. The molecule has 0 radical (unpaired) electrons. The van der Waals surface area contributed by atoms with Gasteiger partial charge in [0.2, 0.25) is 0 Å². The van der Waals surface area contributed by atoms with Crippen LogP contribution in [-0.4, -0.2) is 3.21 Å². The molecule has 40 heavy (non-hydrogen) atoms. The van der Waals surface area contributed by atoms with Crippen LogP contribution in [0.1, 0.15) is 53.6 Å². The molecule has 6 rings (SSSR count). The molecule has 0 fully saturated rings. The first kappa shape index (κ1) is 30.6. The Balaban J connectivity index is 0.00000185. The molecule has 3 heteroatoms. The standard InChI is InChI=1S/C13H9.C13H10.C11H17.2ClH.Zr/c1-3-7-12-10(5-1)9-11-6-2-4-8-13(11)12;1-3-7-12(8-4-1)11-13-9-5-2-6-10-13;1-8(2)10-5-6-11(7-10)9(3)4;;;/h1-9H;1-10H;5-6,8-10H,1-4H3;2*1H;/q;;;;;+2/p-2. The summed E-state index contributed by atoms with van der Waals surface area (Å²) in [5, 5.41) is 0. The quantitative estimate of drug-likeness (QED) is 0.303. The van der Waals surface area contributed by atoms with Gasteiger partial charge in [-0.25, -0.2) is 0 Å². The summed E-state index contributed by atoms with van der Waals surface area (Å²) in [5.41, 5.74) is 10.4. The Morgan fingerprint density at radius 3 is 1.50 bits per heavy atom. The molecule has 0 N–H and O–H groups in total. The summed E-state index contributed by atoms with van der Waals surface area (Å²) in [5.74, 6) is 1.59. The largest absolute Gasteiger partial charge is 1.00 e. The third-order valence-electron chi connectivity index (χ3n) is 8.27. The zero-order valence-corrected chi connectivity index (χ0v) is 27.6. The van der Waals surface area contributed by atoms with Crippen molar-refractivity contribution < 1.29 is 46.1 Å². The van der Waals surface area contributed by atoms with E-state index in [0.29, 0.717) is 21.4 Å². The van der Waals surface area contributed by atoms with E-state index < -0.39 is 21.3 Å². The molecule has 0 saturated heterocycles. The zero-order valence-electron chi connectivity index (χ0n) is 23.6. The first-order valence-electron chi connectivity index (χ1n) is 14.0. The Morgan fingerprint density at radius 1 is 0.600 bits per heavy atom. The molecular formula is C37H36Cl2Zr. The summed E-state index contributed by atoms with van der Waals surface area (Å²) in [6, 6.07) is 41.1. The SMILES string of the molecule is CC(C)C1=[C]([Zr+2](=[C](c2ccccc2)c2ccccc2)[CH]2c3ccccc3-c3ccccc32)C(C(C)C)C=C1.[Cl-].[Cl-]. The van der Waals surface area contributed by atoms with Crippen LogP contribution < -0.4 is 24.8 Å². The van der Waals surface area contributed by atoms with Gasteiger partial charge in [-0.15, -0.1) is 0 Å². The van der Waals surface area contributed by atoms with Crippen LogP contribution in [0.2, 0.25) is 0 Å². The van der Waals surface area contributed by atoms with Crippen LogP contribution in [0.25, 0.3) is 11.1 Å². The van der Waals surface area contributed by atoms with Gasteiger partial charge in [-0.3, -0.25) is 0 Å². The van der Waals surface area contributed by atoms with Gasteiger partial charge < -0.3 is 24.8 Å². The number of hydrogen-bond donors (Lipinski definition) is 0. The van der Waals surface area contributed by atoms with Crippen LogP contribution in [0.3, 0.4) is 0 Å². The van der Waals surface area contributed by atoms with Crippen molar-refractivity contribution in [2.24, 2.45) is 17.8 Å². The van der Waals surface area contributed by atoms with Crippen LogP contribution in [0, 0.1) is 17.8 Å². The van der Waals surface area contributed by atoms with Gasteiger partial charge in [-0.1, -0.05) is 0 Å². The maximum Gasteiger partial charge on any atom is -1.00 e. The van der Waals surface area contributed by atoms with Crippen LogP contribution >= 0.6 is 0 Å². The van der Waals surface area contributed by atoms with Crippen LogP contribution in [0.15, 0.2) is 130 Å². The summed E-state index contributed by atoms with van der Waals surface area (Å²) < 4.78 is 3.88. The zero-order chi connectivity index (χ0) is 26.2. The van der Waals surface area contributed by atoms with Gasteiger partial charge in [-0.2, -0.15) is 0 Å². The van der Waals surface area contributed by atoms with E-state index in [9.17, 15) is 0 Å². The molecule has 4 aromatic rings. The summed E-state index contributed by atoms with van der Waals surface area (Å²) in [6.07, 6.45) is 5.03. The Kier molecular flexibility index (Phi) is 10.1. The van der Waals surface area contributed by atoms with Gasteiger partial charge in [-0.05, 0) is 0 Å². The van der Waals surface area contributed by atoms with Crippen LogP contribution in [0.5, 0.6) is 0 Å². The monoisotopic (exact) mass is 640 g/mol. The molecule has 0 saturated carbocycles. The second-order valence-electron chi connectivity index (χ2n) is 11.3. The molecule has 2 aliphatic carbocycles. The molecule has 0 aliphatic heterocycles. The predicted octanol–water partition coefficient (Wildman–Crippen LogP) is 3.40. The normalized spacial score (nSPS) is 15.3. The second kappa shape index (κ2) is 13.1. The molecule has 0 amide bonds. The fourth-order valence-electron chi connectivity index (χ4n) is 6.57. The van der Waals surface area contributed by atoms with Gasteiger partial charge in [0, 0.05) is 0 Å². The number of fused-ring (bicyclic) bond motifs is 3. The first-order chi connectivity index (χ1) is 18.6. The number of allylic oxidation sites excluding steroid dienone is 4. The Labute approximate surface area is 260 Å². The molecule has 0 aromatic heterocycles. The third-order valence-corrected chi connectivity index (χ3v) is 16.9. The Morgan fingerprint density at radius 2 is 1.05 bits per heavy atom. The first-order valence-corrected chi connectivity index (χ1v) is 17.9. The number of halogens is 2. The average Bonchev–Trinajstić information content (AvgIpc) is 3.53. The second-order valence-corrected chi connectivity index (χ2v) is 17.3. The van der Waals surface area contributed by atoms with E-state index in [1.807, 2.05) is 0 Å². The Bertz CT molecular complexity index is 1480. The van der Waals surface area contributed by atoms with Crippen molar-refractivity contribution in [3.8, 4) is 11.1 Å². The minimum Gasteiger partial charge on any atom is -1.00 e. The van der Waals surface area contributed by atoms with E-state index in [4.69, 9.17) is 0 Å². The molecule has 0 spiro atoms. The van der Waals surface area contributed by atoms with Crippen molar-refractivity contribution in [2.45, 2.75) is 31.3 Å². The summed E-state index contributed by atoms with van der Waals surface area (Å²) in [6.45, 7) is 9.62. The van der Waals surface area contributed by atoms with Gasteiger partial charge in [0.1, 0.15) is 0 Å². The van der Waals surface area contributed by atoms with E-state index in [1.165, 1.54) is 33.4 Å². The van der Waals surface area contributed by atoms with Crippen molar-refractivity contribution in [1.82, 2.24) is 0 Å². The van der Waals surface area contributed by atoms with Gasteiger partial charge in [0.05, 0.1) is 0 Å². The fraction of sp³-hybridized carbons (Fsp3) is 0.216. The van der Waals surface area contributed by atoms with Gasteiger partial charge >= 0.3 is 237 Å². The molecule has 202 valence electrons. The molecule has 0 nitrogen and oxygen atoms in total. The van der Waals surface area contributed by atoms with Crippen molar-refractivity contribution in [1.29, 1.82) is 0 Å². The van der Waals surface area contributed by atoms with E-state index in [2.05, 4.69) is 149 Å². The van der Waals surface area contributed by atoms with Crippen molar-refractivity contribution in [3.05, 3.63) is 152 Å². The van der Waals surface area contributed by atoms with Crippen molar-refractivity contribution >= 4 is 3.21 Å². The molecule has 0 heterocycles.